The number of aliphatic carboxylic acids is 1. The molecule has 0 bridgehead atoms. The highest BCUT2D eigenvalue weighted by atomic mass is 19.4. The second kappa shape index (κ2) is 7.45. The molecule has 0 aromatic rings. The molecule has 0 aliphatic heterocycles. The van der Waals surface area contributed by atoms with E-state index in [-0.39, 0.29) is 12.6 Å². The lowest BCUT2D eigenvalue weighted by Gasteiger charge is -2.28. The third kappa shape index (κ3) is 7.13. The minimum atomic E-state index is -4.21. The molecule has 0 saturated heterocycles. The summed E-state index contributed by atoms with van der Waals surface area (Å²) in [5.41, 5.74) is -1.04. The molecule has 1 saturated carbocycles. The number of rotatable bonds is 10. The summed E-state index contributed by atoms with van der Waals surface area (Å²) in [4.78, 5) is 12.7. The number of halogens is 3. The van der Waals surface area contributed by atoms with Gasteiger partial charge in [-0.25, -0.2) is 0 Å². The maximum absolute atomic E-state index is 12.5. The van der Waals surface area contributed by atoms with Gasteiger partial charge in [-0.15, -0.1) is 0 Å². The molecule has 0 spiro atoms. The Morgan fingerprint density at radius 1 is 1.33 bits per heavy atom. The molecule has 0 aromatic heterocycles. The average Bonchev–Trinajstić information content (AvgIpc) is 3.10. The lowest BCUT2D eigenvalue weighted by molar-refractivity contribution is -0.148. The Morgan fingerprint density at radius 2 is 1.95 bits per heavy atom. The topological polar surface area (TPSA) is 52.6 Å². The molecule has 1 aliphatic rings. The fraction of sp³-hybridized carbons (Fsp3) is 0.929. The van der Waals surface area contributed by atoms with Gasteiger partial charge in [0.05, 0.1) is 6.54 Å². The van der Waals surface area contributed by atoms with E-state index < -0.39 is 24.2 Å². The molecule has 0 radical (unpaired) electrons. The SMILES string of the molecule is CCCN(CCCC(C)(NC1CC1)C(=O)O)CC(F)(F)F. The van der Waals surface area contributed by atoms with Gasteiger partial charge in [0, 0.05) is 6.04 Å². The molecule has 0 amide bonds. The maximum atomic E-state index is 12.5. The smallest absolute Gasteiger partial charge is 0.401 e. The van der Waals surface area contributed by atoms with Crippen molar-refractivity contribution in [1.29, 1.82) is 0 Å². The fourth-order valence-corrected chi connectivity index (χ4v) is 2.41. The van der Waals surface area contributed by atoms with E-state index in [0.29, 0.717) is 25.8 Å². The zero-order valence-electron chi connectivity index (χ0n) is 12.7. The highest BCUT2D eigenvalue weighted by Crippen LogP contribution is 2.25. The van der Waals surface area contributed by atoms with Crippen LogP contribution in [0.25, 0.3) is 0 Å². The molecule has 1 aliphatic carbocycles. The Morgan fingerprint density at radius 3 is 2.38 bits per heavy atom. The van der Waals surface area contributed by atoms with Gasteiger partial charge in [-0.05, 0) is 52.1 Å². The van der Waals surface area contributed by atoms with Crippen molar-refractivity contribution in [2.75, 3.05) is 19.6 Å². The van der Waals surface area contributed by atoms with Crippen molar-refractivity contribution < 1.29 is 23.1 Å². The highest BCUT2D eigenvalue weighted by Gasteiger charge is 2.38. The van der Waals surface area contributed by atoms with Crippen molar-refractivity contribution >= 4 is 5.97 Å². The monoisotopic (exact) mass is 310 g/mol. The molecule has 0 aromatic carbocycles. The van der Waals surface area contributed by atoms with Gasteiger partial charge in [0.15, 0.2) is 0 Å². The van der Waals surface area contributed by atoms with Crippen LogP contribution in [0.5, 0.6) is 0 Å². The minimum Gasteiger partial charge on any atom is -0.480 e. The number of carboxylic acids is 1. The van der Waals surface area contributed by atoms with Crippen LogP contribution in [0.4, 0.5) is 13.2 Å². The lowest BCUT2D eigenvalue weighted by Crippen LogP contribution is -2.51. The quantitative estimate of drug-likeness (QED) is 0.651. The van der Waals surface area contributed by atoms with Crippen LogP contribution < -0.4 is 5.32 Å². The summed E-state index contributed by atoms with van der Waals surface area (Å²) in [5, 5.41) is 12.4. The molecule has 4 nitrogen and oxygen atoms in total. The van der Waals surface area contributed by atoms with Gasteiger partial charge in [-0.3, -0.25) is 15.0 Å². The van der Waals surface area contributed by atoms with Gasteiger partial charge in [0.2, 0.25) is 0 Å². The normalized spacial score (nSPS) is 18.8. The molecule has 1 rings (SSSR count). The van der Waals surface area contributed by atoms with Crippen molar-refractivity contribution in [2.24, 2.45) is 0 Å². The van der Waals surface area contributed by atoms with Gasteiger partial charge >= 0.3 is 12.1 Å². The molecule has 2 N–H and O–H groups in total. The summed E-state index contributed by atoms with van der Waals surface area (Å²) >= 11 is 0. The van der Waals surface area contributed by atoms with Crippen LogP contribution >= 0.6 is 0 Å². The van der Waals surface area contributed by atoms with Gasteiger partial charge in [-0.1, -0.05) is 6.92 Å². The van der Waals surface area contributed by atoms with Crippen LogP contribution in [0.2, 0.25) is 0 Å². The molecule has 1 unspecified atom stereocenters. The molecule has 1 fully saturated rings. The van der Waals surface area contributed by atoms with Crippen molar-refractivity contribution in [3.05, 3.63) is 0 Å². The van der Waals surface area contributed by atoms with Crippen LogP contribution in [-0.4, -0.2) is 53.4 Å². The van der Waals surface area contributed by atoms with Crippen LogP contribution in [0.3, 0.4) is 0 Å². The first-order valence-electron chi connectivity index (χ1n) is 7.46. The van der Waals surface area contributed by atoms with E-state index in [0.717, 1.165) is 12.8 Å². The highest BCUT2D eigenvalue weighted by molar-refractivity contribution is 5.78. The van der Waals surface area contributed by atoms with Crippen LogP contribution in [0.1, 0.15) is 46.0 Å². The van der Waals surface area contributed by atoms with Crippen LogP contribution in [0.15, 0.2) is 0 Å². The number of carboxylic acid groups (broad SMARTS) is 1. The summed E-state index contributed by atoms with van der Waals surface area (Å²) in [6.07, 6.45) is -0.864. The van der Waals surface area contributed by atoms with Gasteiger partial charge in [0.25, 0.3) is 0 Å². The Labute approximate surface area is 123 Å². The van der Waals surface area contributed by atoms with E-state index in [9.17, 15) is 23.1 Å². The Hall–Kier alpha value is -0.820. The average molecular weight is 310 g/mol. The summed E-state index contributed by atoms with van der Waals surface area (Å²) < 4.78 is 37.4. The Balaban J connectivity index is 2.44. The Bertz CT molecular complexity index is 346. The fourth-order valence-electron chi connectivity index (χ4n) is 2.41. The summed E-state index contributed by atoms with van der Waals surface area (Å²) in [7, 11) is 0. The number of carbonyl (C=O) groups is 1. The van der Waals surface area contributed by atoms with Crippen LogP contribution in [0, 0.1) is 0 Å². The first kappa shape index (κ1) is 18.2. The zero-order chi connectivity index (χ0) is 16.1. The molecule has 7 heteroatoms. The van der Waals surface area contributed by atoms with E-state index in [4.69, 9.17) is 0 Å². The second-order valence-corrected chi connectivity index (χ2v) is 6.05. The number of alkyl halides is 3. The summed E-state index contributed by atoms with van der Waals surface area (Å²) in [5.74, 6) is -0.938. The van der Waals surface area contributed by atoms with E-state index in [1.807, 2.05) is 6.92 Å². The van der Waals surface area contributed by atoms with Crippen molar-refractivity contribution in [3.8, 4) is 0 Å². The zero-order valence-corrected chi connectivity index (χ0v) is 12.7. The van der Waals surface area contributed by atoms with Gasteiger partial charge in [0.1, 0.15) is 5.54 Å². The predicted molar refractivity (Wildman–Crippen MR) is 74.2 cm³/mol. The first-order valence-corrected chi connectivity index (χ1v) is 7.46. The van der Waals surface area contributed by atoms with E-state index >= 15 is 0 Å². The first-order chi connectivity index (χ1) is 9.66. The number of nitrogens with zero attached hydrogens (tertiary/aromatic N) is 1. The minimum absolute atomic E-state index is 0.244. The summed E-state index contributed by atoms with van der Waals surface area (Å²) in [6.45, 7) is 3.16. The lowest BCUT2D eigenvalue weighted by atomic mass is 9.95. The molecule has 21 heavy (non-hydrogen) atoms. The number of nitrogens with one attached hydrogen (secondary N) is 1. The maximum Gasteiger partial charge on any atom is 0.401 e. The number of hydrogen-bond donors (Lipinski definition) is 2. The van der Waals surface area contributed by atoms with E-state index in [1.165, 1.54) is 4.90 Å². The van der Waals surface area contributed by atoms with Gasteiger partial charge in [-0.2, -0.15) is 13.2 Å². The Kier molecular flexibility index (Phi) is 6.46. The van der Waals surface area contributed by atoms with Crippen LogP contribution in [-0.2, 0) is 4.79 Å². The molecule has 0 heterocycles. The van der Waals surface area contributed by atoms with Crippen molar-refractivity contribution in [2.45, 2.75) is 63.7 Å². The molecule has 1 atom stereocenters. The second-order valence-electron chi connectivity index (χ2n) is 6.05. The van der Waals surface area contributed by atoms with Gasteiger partial charge < -0.3 is 5.11 Å². The van der Waals surface area contributed by atoms with Crippen molar-refractivity contribution in [3.63, 3.8) is 0 Å². The van der Waals surface area contributed by atoms with E-state index in [1.54, 1.807) is 6.92 Å². The number of hydrogen-bond acceptors (Lipinski definition) is 3. The molecule has 124 valence electrons. The molecular weight excluding hydrogens is 285 g/mol. The third-order valence-corrected chi connectivity index (χ3v) is 3.67. The molecular formula is C14H25F3N2O2. The van der Waals surface area contributed by atoms with E-state index in [2.05, 4.69) is 5.32 Å². The standard InChI is InChI=1S/C14H25F3N2O2/c1-3-8-19(10-14(15,16)17)9-4-7-13(2,12(20)21)18-11-5-6-11/h11,18H,3-10H2,1-2H3,(H,20,21). The summed E-state index contributed by atoms with van der Waals surface area (Å²) in [6, 6.07) is 0.244. The third-order valence-electron chi connectivity index (χ3n) is 3.67. The van der Waals surface area contributed by atoms with Crippen molar-refractivity contribution in [1.82, 2.24) is 10.2 Å². The largest absolute Gasteiger partial charge is 0.480 e. The predicted octanol–water partition coefficient (Wildman–Crippen LogP) is 2.64.